The van der Waals surface area contributed by atoms with Gasteiger partial charge < -0.3 is 15.2 Å². The fourth-order valence-electron chi connectivity index (χ4n) is 1.71. The van der Waals surface area contributed by atoms with Gasteiger partial charge in [-0.25, -0.2) is 0 Å². The van der Waals surface area contributed by atoms with Gasteiger partial charge in [-0.1, -0.05) is 29.8 Å². The topological polar surface area (TPSA) is 75.6 Å². The molecule has 0 aromatic heterocycles. The molecule has 6 heteroatoms. The number of amides is 1. The lowest BCUT2D eigenvalue weighted by molar-refractivity contribution is -0.145. The summed E-state index contributed by atoms with van der Waals surface area (Å²) in [4.78, 5) is 23.0. The SMILES string of the molecule is COc1cc(Br)cc(C)c1NC(=O)C(C)C(C)C(=O)O. The number of hydrogen-bond donors (Lipinski definition) is 2. The van der Waals surface area contributed by atoms with Gasteiger partial charge in [0.2, 0.25) is 5.91 Å². The Hall–Kier alpha value is -1.56. The van der Waals surface area contributed by atoms with E-state index in [9.17, 15) is 9.59 Å². The lowest BCUT2D eigenvalue weighted by Gasteiger charge is -2.18. The number of ether oxygens (including phenoxy) is 1. The lowest BCUT2D eigenvalue weighted by Crippen LogP contribution is -2.30. The molecular weight excluding hydrogens is 326 g/mol. The number of methoxy groups -OCH3 is 1. The van der Waals surface area contributed by atoms with Gasteiger partial charge in [0.25, 0.3) is 0 Å². The molecule has 0 aliphatic rings. The van der Waals surface area contributed by atoms with Gasteiger partial charge in [-0.05, 0) is 24.6 Å². The van der Waals surface area contributed by atoms with Gasteiger partial charge in [-0.15, -0.1) is 0 Å². The quantitative estimate of drug-likeness (QED) is 0.861. The Balaban J connectivity index is 2.99. The molecule has 1 aromatic carbocycles. The number of carbonyl (C=O) groups is 2. The number of benzene rings is 1. The maximum Gasteiger partial charge on any atom is 0.307 e. The standard InChI is InChI=1S/C14H18BrNO4/c1-7-5-10(15)6-11(20-4)12(7)16-13(17)8(2)9(3)14(18)19/h5-6,8-9H,1-4H3,(H,16,17)(H,18,19). The zero-order valence-electron chi connectivity index (χ0n) is 11.9. The fourth-order valence-corrected chi connectivity index (χ4v) is 2.26. The van der Waals surface area contributed by atoms with Crippen molar-refractivity contribution in [3.8, 4) is 5.75 Å². The predicted octanol–water partition coefficient (Wildman–Crippen LogP) is 3.06. The molecule has 0 bridgehead atoms. The van der Waals surface area contributed by atoms with Crippen LogP contribution in [0.25, 0.3) is 0 Å². The summed E-state index contributed by atoms with van der Waals surface area (Å²) in [6.07, 6.45) is 0. The van der Waals surface area contributed by atoms with Crippen molar-refractivity contribution in [3.05, 3.63) is 22.2 Å². The third kappa shape index (κ3) is 3.72. The number of nitrogens with one attached hydrogen (secondary N) is 1. The van der Waals surface area contributed by atoms with Crippen molar-refractivity contribution < 1.29 is 19.4 Å². The average Bonchev–Trinajstić information content (AvgIpc) is 2.39. The molecule has 1 rings (SSSR count). The highest BCUT2D eigenvalue weighted by atomic mass is 79.9. The van der Waals surface area contributed by atoms with Crippen LogP contribution in [0, 0.1) is 18.8 Å². The molecule has 1 amide bonds. The van der Waals surface area contributed by atoms with E-state index in [1.54, 1.807) is 13.0 Å². The van der Waals surface area contributed by atoms with Crippen molar-refractivity contribution in [2.75, 3.05) is 12.4 Å². The number of hydrogen-bond acceptors (Lipinski definition) is 3. The molecule has 0 radical (unpaired) electrons. The molecule has 0 heterocycles. The van der Waals surface area contributed by atoms with Crippen molar-refractivity contribution in [2.45, 2.75) is 20.8 Å². The Bertz CT molecular complexity index is 530. The van der Waals surface area contributed by atoms with Crippen molar-refractivity contribution in [3.63, 3.8) is 0 Å². The monoisotopic (exact) mass is 343 g/mol. The molecule has 0 fully saturated rings. The summed E-state index contributed by atoms with van der Waals surface area (Å²) >= 11 is 3.35. The van der Waals surface area contributed by atoms with Gasteiger partial charge in [0, 0.05) is 10.4 Å². The van der Waals surface area contributed by atoms with Gasteiger partial charge in [0.15, 0.2) is 0 Å². The third-order valence-corrected chi connectivity index (χ3v) is 3.74. The Morgan fingerprint density at radius 2 is 1.90 bits per heavy atom. The van der Waals surface area contributed by atoms with Crippen LogP contribution in [0.1, 0.15) is 19.4 Å². The number of carbonyl (C=O) groups excluding carboxylic acids is 1. The van der Waals surface area contributed by atoms with Crippen LogP contribution in [0.5, 0.6) is 5.75 Å². The second kappa shape index (κ2) is 6.74. The smallest absolute Gasteiger partial charge is 0.307 e. The molecule has 5 nitrogen and oxygen atoms in total. The minimum atomic E-state index is -0.993. The van der Waals surface area contributed by atoms with Gasteiger partial charge in [-0.3, -0.25) is 9.59 Å². The summed E-state index contributed by atoms with van der Waals surface area (Å²) in [6.45, 7) is 4.95. The van der Waals surface area contributed by atoms with E-state index in [1.165, 1.54) is 14.0 Å². The Labute approximate surface area is 126 Å². The minimum absolute atomic E-state index is 0.344. The number of carboxylic acid groups (broad SMARTS) is 1. The molecule has 0 aliphatic carbocycles. The van der Waals surface area contributed by atoms with E-state index < -0.39 is 17.8 Å². The van der Waals surface area contributed by atoms with E-state index in [2.05, 4.69) is 21.2 Å². The van der Waals surface area contributed by atoms with E-state index in [0.29, 0.717) is 11.4 Å². The van der Waals surface area contributed by atoms with Crippen molar-refractivity contribution in [2.24, 2.45) is 11.8 Å². The number of halogens is 1. The highest BCUT2D eigenvalue weighted by molar-refractivity contribution is 9.10. The van der Waals surface area contributed by atoms with E-state index >= 15 is 0 Å². The van der Waals surface area contributed by atoms with Crippen molar-refractivity contribution in [1.82, 2.24) is 0 Å². The van der Waals surface area contributed by atoms with Crippen LogP contribution in [0.15, 0.2) is 16.6 Å². The van der Waals surface area contributed by atoms with Crippen LogP contribution in [-0.4, -0.2) is 24.1 Å². The zero-order valence-corrected chi connectivity index (χ0v) is 13.4. The Morgan fingerprint density at radius 3 is 2.40 bits per heavy atom. The molecule has 0 saturated heterocycles. The first-order valence-corrected chi connectivity index (χ1v) is 6.95. The van der Waals surface area contributed by atoms with Crippen LogP contribution >= 0.6 is 15.9 Å². The number of carboxylic acids is 1. The largest absolute Gasteiger partial charge is 0.495 e. The molecule has 2 unspecified atom stereocenters. The van der Waals surface area contributed by atoms with Crippen molar-refractivity contribution >= 4 is 33.5 Å². The maximum absolute atomic E-state index is 12.1. The van der Waals surface area contributed by atoms with Crippen LogP contribution < -0.4 is 10.1 Å². The molecule has 0 saturated carbocycles. The van der Waals surface area contributed by atoms with Crippen LogP contribution in [0.4, 0.5) is 5.69 Å². The van der Waals surface area contributed by atoms with Crippen LogP contribution in [0.2, 0.25) is 0 Å². The van der Waals surface area contributed by atoms with Gasteiger partial charge in [-0.2, -0.15) is 0 Å². The molecule has 0 aliphatic heterocycles. The van der Waals surface area contributed by atoms with E-state index in [4.69, 9.17) is 9.84 Å². The third-order valence-electron chi connectivity index (χ3n) is 3.29. The van der Waals surface area contributed by atoms with Crippen LogP contribution in [-0.2, 0) is 9.59 Å². The first-order valence-electron chi connectivity index (χ1n) is 6.15. The van der Waals surface area contributed by atoms with Gasteiger partial charge in [0.05, 0.1) is 18.7 Å². The second-order valence-corrected chi connectivity index (χ2v) is 5.62. The summed E-state index contributed by atoms with van der Waals surface area (Å²) < 4.78 is 6.08. The zero-order chi connectivity index (χ0) is 15.4. The highest BCUT2D eigenvalue weighted by Gasteiger charge is 2.26. The summed E-state index contributed by atoms with van der Waals surface area (Å²) in [6, 6.07) is 3.59. The molecule has 2 atom stereocenters. The molecule has 1 aromatic rings. The first-order chi connectivity index (χ1) is 9.27. The van der Waals surface area contributed by atoms with E-state index in [1.807, 2.05) is 13.0 Å². The Morgan fingerprint density at radius 1 is 1.30 bits per heavy atom. The number of aliphatic carboxylic acids is 1. The van der Waals surface area contributed by atoms with E-state index in [-0.39, 0.29) is 5.91 Å². The fraction of sp³-hybridized carbons (Fsp3) is 0.429. The number of anilines is 1. The summed E-state index contributed by atoms with van der Waals surface area (Å²) in [5.74, 6) is -2.20. The Kier molecular flexibility index (Phi) is 5.56. The van der Waals surface area contributed by atoms with E-state index in [0.717, 1.165) is 10.0 Å². The summed E-state index contributed by atoms with van der Waals surface area (Å²) in [5.41, 5.74) is 1.39. The predicted molar refractivity (Wildman–Crippen MR) is 80.0 cm³/mol. The normalized spacial score (nSPS) is 13.4. The minimum Gasteiger partial charge on any atom is -0.495 e. The molecular formula is C14H18BrNO4. The number of aryl methyl sites for hydroxylation is 1. The molecule has 20 heavy (non-hydrogen) atoms. The molecule has 110 valence electrons. The number of rotatable bonds is 5. The first kappa shape index (κ1) is 16.5. The van der Waals surface area contributed by atoms with Gasteiger partial charge >= 0.3 is 5.97 Å². The highest BCUT2D eigenvalue weighted by Crippen LogP contribution is 2.32. The second-order valence-electron chi connectivity index (χ2n) is 4.70. The van der Waals surface area contributed by atoms with Gasteiger partial charge in [0.1, 0.15) is 5.75 Å². The molecule has 0 spiro atoms. The average molecular weight is 344 g/mol. The lowest BCUT2D eigenvalue weighted by atomic mass is 9.95. The van der Waals surface area contributed by atoms with Crippen molar-refractivity contribution in [1.29, 1.82) is 0 Å². The summed E-state index contributed by atoms with van der Waals surface area (Å²) in [7, 11) is 1.51. The molecule has 2 N–H and O–H groups in total. The van der Waals surface area contributed by atoms with Crippen LogP contribution in [0.3, 0.4) is 0 Å². The maximum atomic E-state index is 12.1. The summed E-state index contributed by atoms with van der Waals surface area (Å²) in [5, 5.41) is 11.7.